The van der Waals surface area contributed by atoms with E-state index < -0.39 is 0 Å². The van der Waals surface area contributed by atoms with E-state index in [1.165, 1.54) is 18.7 Å². The third-order valence-corrected chi connectivity index (χ3v) is 3.19. The molecule has 1 aromatic carbocycles. The van der Waals surface area contributed by atoms with E-state index >= 15 is 0 Å². The molecule has 5 nitrogen and oxygen atoms in total. The number of hydrogen-bond acceptors (Lipinski definition) is 4. The summed E-state index contributed by atoms with van der Waals surface area (Å²) >= 11 is 7.20. The molecule has 0 saturated heterocycles. The number of rotatable bonds is 3. The minimum atomic E-state index is -0.325. The molecule has 4 N–H and O–H groups in total. The van der Waals surface area contributed by atoms with Crippen LogP contribution in [0.2, 0.25) is 5.02 Å². The highest BCUT2D eigenvalue weighted by Gasteiger charge is 2.06. The molecule has 0 heterocycles. The second kappa shape index (κ2) is 6.36. The van der Waals surface area contributed by atoms with E-state index in [0.29, 0.717) is 10.7 Å². The number of hydrogen-bond donors (Lipinski definition) is 3. The van der Waals surface area contributed by atoms with Gasteiger partial charge in [0.05, 0.1) is 10.8 Å². The number of nitrogens with one attached hydrogen (secondary N) is 2. The summed E-state index contributed by atoms with van der Waals surface area (Å²) < 4.78 is 0. The minimum Gasteiger partial charge on any atom is -0.399 e. The van der Waals surface area contributed by atoms with Crippen molar-refractivity contribution in [1.82, 2.24) is 10.9 Å². The molecule has 1 aromatic rings. The first kappa shape index (κ1) is 13.7. The lowest BCUT2D eigenvalue weighted by atomic mass is 10.3. The molecule has 1 rings (SSSR count). The van der Waals surface area contributed by atoms with Gasteiger partial charge < -0.3 is 5.73 Å². The topological polar surface area (TPSA) is 84.2 Å². The van der Waals surface area contributed by atoms with Crippen LogP contribution in [0, 0.1) is 0 Å². The van der Waals surface area contributed by atoms with Gasteiger partial charge in [-0.3, -0.25) is 20.4 Å². The highest BCUT2D eigenvalue weighted by Crippen LogP contribution is 2.28. The SMILES string of the molecule is CC(=O)NNC(=O)CSc1ccc(N)cc1Cl. The fourth-order valence-electron chi connectivity index (χ4n) is 0.971. The molecule has 0 aliphatic rings. The molecule has 7 heteroatoms. The van der Waals surface area contributed by atoms with E-state index in [1.807, 2.05) is 0 Å². The second-order valence-electron chi connectivity index (χ2n) is 3.21. The summed E-state index contributed by atoms with van der Waals surface area (Å²) in [7, 11) is 0. The molecule has 0 unspecified atom stereocenters. The highest BCUT2D eigenvalue weighted by atomic mass is 35.5. The van der Waals surface area contributed by atoms with E-state index in [4.69, 9.17) is 17.3 Å². The van der Waals surface area contributed by atoms with Crippen LogP contribution in [-0.4, -0.2) is 17.6 Å². The van der Waals surface area contributed by atoms with Crippen molar-refractivity contribution in [3.05, 3.63) is 23.2 Å². The Morgan fingerprint density at radius 2 is 2.12 bits per heavy atom. The minimum absolute atomic E-state index is 0.157. The maximum Gasteiger partial charge on any atom is 0.248 e. The number of halogens is 1. The molecule has 0 aromatic heterocycles. The van der Waals surface area contributed by atoms with Crippen LogP contribution in [0.15, 0.2) is 23.1 Å². The van der Waals surface area contributed by atoms with Crippen LogP contribution in [0.4, 0.5) is 5.69 Å². The molecule has 0 atom stereocenters. The van der Waals surface area contributed by atoms with Crippen LogP contribution in [0.25, 0.3) is 0 Å². The fraction of sp³-hybridized carbons (Fsp3) is 0.200. The molecular formula is C10H12ClN3O2S. The summed E-state index contributed by atoms with van der Waals surface area (Å²) in [6, 6.07) is 5.07. The van der Waals surface area contributed by atoms with Crippen molar-refractivity contribution in [3.63, 3.8) is 0 Å². The van der Waals surface area contributed by atoms with Crippen LogP contribution >= 0.6 is 23.4 Å². The van der Waals surface area contributed by atoms with Crippen molar-refractivity contribution in [1.29, 1.82) is 0 Å². The molecule has 0 radical (unpaired) electrons. The zero-order valence-electron chi connectivity index (χ0n) is 9.12. The van der Waals surface area contributed by atoms with Gasteiger partial charge in [0, 0.05) is 17.5 Å². The van der Waals surface area contributed by atoms with Crippen molar-refractivity contribution in [3.8, 4) is 0 Å². The van der Waals surface area contributed by atoms with Gasteiger partial charge in [0.25, 0.3) is 0 Å². The lowest BCUT2D eigenvalue weighted by Gasteiger charge is -2.06. The number of carbonyl (C=O) groups is 2. The van der Waals surface area contributed by atoms with E-state index in [1.54, 1.807) is 18.2 Å². The summed E-state index contributed by atoms with van der Waals surface area (Å²) in [5.74, 6) is -0.476. The van der Waals surface area contributed by atoms with Gasteiger partial charge in [0.2, 0.25) is 11.8 Å². The maximum absolute atomic E-state index is 11.3. The van der Waals surface area contributed by atoms with Gasteiger partial charge in [0.15, 0.2) is 0 Å². The predicted molar refractivity (Wildman–Crippen MR) is 68.5 cm³/mol. The Balaban J connectivity index is 2.44. The lowest BCUT2D eigenvalue weighted by molar-refractivity contribution is -0.126. The molecule has 17 heavy (non-hydrogen) atoms. The largest absolute Gasteiger partial charge is 0.399 e. The molecule has 0 aliphatic carbocycles. The highest BCUT2D eigenvalue weighted by molar-refractivity contribution is 8.00. The molecule has 2 amide bonds. The first-order valence-corrected chi connectivity index (χ1v) is 6.08. The van der Waals surface area contributed by atoms with Crippen molar-refractivity contribution < 1.29 is 9.59 Å². The first-order chi connectivity index (χ1) is 7.99. The first-order valence-electron chi connectivity index (χ1n) is 4.72. The standard InChI is InChI=1S/C10H12ClN3O2S/c1-6(15)13-14-10(16)5-17-9-3-2-7(12)4-8(9)11/h2-4H,5,12H2,1H3,(H,13,15)(H,14,16). The van der Waals surface area contributed by atoms with E-state index in [9.17, 15) is 9.59 Å². The van der Waals surface area contributed by atoms with Gasteiger partial charge in [-0.25, -0.2) is 0 Å². The zero-order valence-corrected chi connectivity index (χ0v) is 10.7. The van der Waals surface area contributed by atoms with Crippen molar-refractivity contribution >= 4 is 40.9 Å². The number of nitrogen functional groups attached to an aromatic ring is 1. The molecular weight excluding hydrogens is 262 g/mol. The number of hydrazine groups is 1. The quantitative estimate of drug-likeness (QED) is 0.439. The van der Waals surface area contributed by atoms with E-state index in [0.717, 1.165) is 4.90 Å². The Bertz CT molecular complexity index is 440. The molecule has 0 saturated carbocycles. The Hall–Kier alpha value is -1.40. The fourth-order valence-corrected chi connectivity index (χ4v) is 2.04. The smallest absolute Gasteiger partial charge is 0.248 e. The Labute approximate surface area is 108 Å². The number of benzene rings is 1. The second-order valence-corrected chi connectivity index (χ2v) is 4.63. The molecule has 92 valence electrons. The van der Waals surface area contributed by atoms with Crippen LogP contribution in [0.1, 0.15) is 6.92 Å². The molecule has 0 bridgehead atoms. The van der Waals surface area contributed by atoms with Gasteiger partial charge in [-0.2, -0.15) is 0 Å². The monoisotopic (exact) mass is 273 g/mol. The average Bonchev–Trinajstić information content (AvgIpc) is 2.25. The normalized spacial score (nSPS) is 9.76. The summed E-state index contributed by atoms with van der Waals surface area (Å²) in [4.78, 5) is 22.6. The van der Waals surface area contributed by atoms with Gasteiger partial charge in [-0.15, -0.1) is 11.8 Å². The summed E-state index contributed by atoms with van der Waals surface area (Å²) in [6.45, 7) is 1.31. The number of nitrogens with two attached hydrogens (primary N) is 1. The molecule has 0 aliphatic heterocycles. The van der Waals surface area contributed by atoms with E-state index in [2.05, 4.69) is 10.9 Å². The molecule has 0 spiro atoms. The van der Waals surface area contributed by atoms with Gasteiger partial charge in [-0.1, -0.05) is 11.6 Å². The average molecular weight is 274 g/mol. The third kappa shape index (κ3) is 4.97. The van der Waals surface area contributed by atoms with Crippen LogP contribution in [0.3, 0.4) is 0 Å². The number of carbonyl (C=O) groups excluding carboxylic acids is 2. The maximum atomic E-state index is 11.3. The molecule has 0 fully saturated rings. The van der Waals surface area contributed by atoms with Crippen molar-refractivity contribution in [2.75, 3.05) is 11.5 Å². The Morgan fingerprint density at radius 3 is 2.71 bits per heavy atom. The summed E-state index contributed by atoms with van der Waals surface area (Å²) in [5, 5.41) is 0.502. The van der Waals surface area contributed by atoms with Crippen molar-refractivity contribution in [2.45, 2.75) is 11.8 Å². The van der Waals surface area contributed by atoms with Gasteiger partial charge in [-0.05, 0) is 18.2 Å². The number of anilines is 1. The van der Waals surface area contributed by atoms with Crippen LogP contribution in [0.5, 0.6) is 0 Å². The number of amides is 2. The van der Waals surface area contributed by atoms with Gasteiger partial charge >= 0.3 is 0 Å². The Morgan fingerprint density at radius 1 is 1.41 bits per heavy atom. The van der Waals surface area contributed by atoms with Gasteiger partial charge in [0.1, 0.15) is 0 Å². The lowest BCUT2D eigenvalue weighted by Crippen LogP contribution is -2.41. The summed E-state index contributed by atoms with van der Waals surface area (Å²) in [5.41, 5.74) is 10.6. The zero-order chi connectivity index (χ0) is 12.8. The number of thioether (sulfide) groups is 1. The Kier molecular flexibility index (Phi) is 5.11. The van der Waals surface area contributed by atoms with Crippen molar-refractivity contribution in [2.24, 2.45) is 0 Å². The van der Waals surface area contributed by atoms with E-state index in [-0.39, 0.29) is 17.6 Å². The third-order valence-electron chi connectivity index (χ3n) is 1.69. The van der Waals surface area contributed by atoms with Crippen LogP contribution in [-0.2, 0) is 9.59 Å². The summed E-state index contributed by atoms with van der Waals surface area (Å²) in [6.07, 6.45) is 0. The van der Waals surface area contributed by atoms with Crippen LogP contribution < -0.4 is 16.6 Å². The predicted octanol–water partition coefficient (Wildman–Crippen LogP) is 1.18.